The molecule has 2 atom stereocenters. The Bertz CT molecular complexity index is 1470. The van der Waals surface area contributed by atoms with Crippen molar-refractivity contribution in [2.24, 2.45) is 0 Å². The quantitative estimate of drug-likeness (QED) is 0.134. The summed E-state index contributed by atoms with van der Waals surface area (Å²) in [5.41, 5.74) is 0.774. The molecule has 2 heterocycles. The molecule has 0 aliphatic carbocycles. The molecule has 2 aromatic heterocycles. The predicted octanol–water partition coefficient (Wildman–Crippen LogP) is 6.71. The molecule has 206 valence electrons. The minimum atomic E-state index is -5.07. The molecule has 40 heavy (non-hydrogen) atoms. The van der Waals surface area contributed by atoms with Crippen molar-refractivity contribution in [2.75, 3.05) is 5.32 Å². The van der Waals surface area contributed by atoms with E-state index in [1.807, 2.05) is 6.92 Å². The lowest BCUT2D eigenvalue weighted by atomic mass is 10.1. The molecule has 2 aromatic carbocycles. The van der Waals surface area contributed by atoms with Gasteiger partial charge in [-0.15, -0.1) is 13.2 Å². The van der Waals surface area contributed by atoms with E-state index in [4.69, 9.17) is 21.1 Å². The number of anilines is 1. The van der Waals surface area contributed by atoms with E-state index < -0.39 is 30.2 Å². The van der Waals surface area contributed by atoms with Crippen LogP contribution < -0.4 is 14.8 Å². The van der Waals surface area contributed by atoms with Gasteiger partial charge in [-0.1, -0.05) is 54.1 Å². The fourth-order valence-electron chi connectivity index (χ4n) is 3.60. The van der Waals surface area contributed by atoms with Gasteiger partial charge < -0.3 is 19.5 Å². The molecule has 0 aliphatic rings. The van der Waals surface area contributed by atoms with Gasteiger partial charge in [-0.25, -0.2) is 19.6 Å². The van der Waals surface area contributed by atoms with E-state index in [1.54, 1.807) is 48.7 Å². The maximum atomic E-state index is 13.3. The molecule has 4 rings (SSSR count). The van der Waals surface area contributed by atoms with Crippen LogP contribution in [0.25, 0.3) is 0 Å². The van der Waals surface area contributed by atoms with Gasteiger partial charge in [-0.2, -0.15) is 0 Å². The first-order valence-electron chi connectivity index (χ1n) is 11.8. The van der Waals surface area contributed by atoms with E-state index in [1.165, 1.54) is 36.5 Å². The lowest BCUT2D eigenvalue weighted by Gasteiger charge is -2.23. The molecular formula is C28H21ClF3N3O5. The molecule has 0 radical (unpaired) electrons. The average molecular weight is 572 g/mol. The summed E-state index contributed by atoms with van der Waals surface area (Å²) in [5, 5.41) is 3.47. The first kappa shape index (κ1) is 28.4. The van der Waals surface area contributed by atoms with Gasteiger partial charge in [0.25, 0.3) is 0 Å². The van der Waals surface area contributed by atoms with Gasteiger partial charge in [0.2, 0.25) is 12.0 Å². The highest BCUT2D eigenvalue weighted by molar-refractivity contribution is 6.29. The summed E-state index contributed by atoms with van der Waals surface area (Å²) in [4.78, 5) is 34.1. The third-order valence-electron chi connectivity index (χ3n) is 5.47. The largest absolute Gasteiger partial charge is 0.573 e. The highest BCUT2D eigenvalue weighted by atomic mass is 35.5. The molecule has 12 heteroatoms. The van der Waals surface area contributed by atoms with Crippen molar-refractivity contribution < 1.29 is 37.0 Å². The maximum Gasteiger partial charge on any atom is 0.573 e. The van der Waals surface area contributed by atoms with E-state index in [2.05, 4.69) is 20.0 Å². The number of hydrogen-bond acceptors (Lipinski definition) is 8. The number of rotatable bonds is 9. The molecule has 4 aromatic rings. The molecule has 0 fully saturated rings. The van der Waals surface area contributed by atoms with Crippen molar-refractivity contribution in [2.45, 2.75) is 25.4 Å². The SMILES string of the molecule is CC(Nc1cccnc1OC(C(=O)OC(=O)c1ccccc1)c1ccccc1OC(F)(F)F)c1ccc(Cl)nc1. The molecule has 0 saturated heterocycles. The van der Waals surface area contributed by atoms with Crippen LogP contribution >= 0.6 is 11.6 Å². The summed E-state index contributed by atoms with van der Waals surface area (Å²) in [6.45, 7) is 1.82. The van der Waals surface area contributed by atoms with Gasteiger partial charge in [0, 0.05) is 18.0 Å². The number of carbonyl (C=O) groups is 2. The average Bonchev–Trinajstić information content (AvgIpc) is 2.93. The van der Waals surface area contributed by atoms with Gasteiger partial charge in [0.1, 0.15) is 10.9 Å². The second-order valence-corrected chi connectivity index (χ2v) is 8.68. The van der Waals surface area contributed by atoms with Crippen LogP contribution in [0, 0.1) is 0 Å². The molecule has 2 unspecified atom stereocenters. The number of carbonyl (C=O) groups excluding carboxylic acids is 2. The Morgan fingerprint density at radius 1 is 0.925 bits per heavy atom. The number of para-hydroxylation sites is 1. The van der Waals surface area contributed by atoms with Crippen molar-refractivity contribution in [3.05, 3.63) is 113 Å². The van der Waals surface area contributed by atoms with Crippen LogP contribution in [-0.4, -0.2) is 28.3 Å². The Morgan fingerprint density at radius 2 is 1.65 bits per heavy atom. The van der Waals surface area contributed by atoms with E-state index in [9.17, 15) is 22.8 Å². The molecule has 0 spiro atoms. The van der Waals surface area contributed by atoms with Crippen molar-refractivity contribution in [1.82, 2.24) is 9.97 Å². The number of hydrogen-bond donors (Lipinski definition) is 1. The minimum absolute atomic E-state index is 0.0556. The summed E-state index contributed by atoms with van der Waals surface area (Å²) in [7, 11) is 0. The number of esters is 2. The third-order valence-corrected chi connectivity index (χ3v) is 5.69. The van der Waals surface area contributed by atoms with Gasteiger partial charge in [0.15, 0.2) is 0 Å². The van der Waals surface area contributed by atoms with Crippen molar-refractivity contribution in [3.8, 4) is 11.6 Å². The zero-order valence-corrected chi connectivity index (χ0v) is 21.5. The molecule has 0 saturated carbocycles. The number of pyridine rings is 2. The molecular weight excluding hydrogens is 551 g/mol. The number of benzene rings is 2. The first-order valence-corrected chi connectivity index (χ1v) is 12.1. The summed E-state index contributed by atoms with van der Waals surface area (Å²) < 4.78 is 54.5. The third kappa shape index (κ3) is 7.48. The van der Waals surface area contributed by atoms with Crippen LogP contribution in [0.5, 0.6) is 11.6 Å². The van der Waals surface area contributed by atoms with Crippen molar-refractivity contribution in [1.29, 1.82) is 0 Å². The summed E-state index contributed by atoms with van der Waals surface area (Å²) >= 11 is 5.86. The highest BCUT2D eigenvalue weighted by Gasteiger charge is 2.36. The van der Waals surface area contributed by atoms with Gasteiger partial charge >= 0.3 is 18.3 Å². The minimum Gasteiger partial charge on any atom is -0.456 e. The van der Waals surface area contributed by atoms with Crippen LogP contribution in [0.1, 0.15) is 40.6 Å². The zero-order chi connectivity index (χ0) is 28.7. The van der Waals surface area contributed by atoms with E-state index >= 15 is 0 Å². The lowest BCUT2D eigenvalue weighted by molar-refractivity contribution is -0.275. The van der Waals surface area contributed by atoms with Gasteiger partial charge in [-0.05, 0) is 48.9 Å². The molecule has 0 aliphatic heterocycles. The normalized spacial score (nSPS) is 12.6. The van der Waals surface area contributed by atoms with E-state index in [-0.39, 0.29) is 23.0 Å². The molecule has 8 nitrogen and oxygen atoms in total. The predicted molar refractivity (Wildman–Crippen MR) is 139 cm³/mol. The Morgan fingerprint density at radius 3 is 2.35 bits per heavy atom. The first-order chi connectivity index (χ1) is 19.1. The summed E-state index contributed by atoms with van der Waals surface area (Å²) in [6, 6.07) is 18.7. The molecule has 0 bridgehead atoms. The van der Waals surface area contributed by atoms with Crippen LogP contribution in [0.2, 0.25) is 5.15 Å². The standard InChI is InChI=1S/C28H21ClF3N3O5/c1-17(19-13-14-23(29)34-16-19)35-21-11-7-15-33-25(21)38-24(20-10-5-6-12-22(20)40-28(30,31)32)27(37)39-26(36)18-8-3-2-4-9-18/h2-17,24,35H,1H3. The zero-order valence-electron chi connectivity index (χ0n) is 20.8. The summed E-state index contributed by atoms with van der Waals surface area (Å²) in [5.74, 6) is -3.15. The number of ether oxygens (including phenoxy) is 3. The summed E-state index contributed by atoms with van der Waals surface area (Å²) in [6.07, 6.45) is -4.00. The highest BCUT2D eigenvalue weighted by Crippen LogP contribution is 2.36. The van der Waals surface area contributed by atoms with E-state index in [0.717, 1.165) is 11.6 Å². The fraction of sp³-hybridized carbons (Fsp3) is 0.143. The Labute approximate surface area is 231 Å². The van der Waals surface area contributed by atoms with E-state index in [0.29, 0.717) is 10.8 Å². The second-order valence-electron chi connectivity index (χ2n) is 8.29. The molecule has 0 amide bonds. The second kappa shape index (κ2) is 12.5. The van der Waals surface area contributed by atoms with Crippen LogP contribution in [0.4, 0.5) is 18.9 Å². The Balaban J connectivity index is 1.67. The van der Waals surface area contributed by atoms with Crippen LogP contribution in [0.15, 0.2) is 91.3 Å². The Kier molecular flexibility index (Phi) is 8.85. The topological polar surface area (TPSA) is 99.6 Å². The van der Waals surface area contributed by atoms with Crippen LogP contribution in [0.3, 0.4) is 0 Å². The number of aromatic nitrogens is 2. The molecule has 1 N–H and O–H groups in total. The Hall–Kier alpha value is -4.64. The number of nitrogens with one attached hydrogen (secondary N) is 1. The fourth-order valence-corrected chi connectivity index (χ4v) is 3.71. The van der Waals surface area contributed by atoms with Gasteiger partial charge in [0.05, 0.1) is 17.3 Å². The lowest BCUT2D eigenvalue weighted by Crippen LogP contribution is -2.27. The number of nitrogens with zero attached hydrogens (tertiary/aromatic N) is 2. The number of halogens is 4. The van der Waals surface area contributed by atoms with Crippen molar-refractivity contribution >= 4 is 29.2 Å². The van der Waals surface area contributed by atoms with Crippen molar-refractivity contribution in [3.63, 3.8) is 0 Å². The number of alkyl halides is 3. The monoisotopic (exact) mass is 571 g/mol. The smallest absolute Gasteiger partial charge is 0.456 e. The van der Waals surface area contributed by atoms with Crippen LogP contribution in [-0.2, 0) is 9.53 Å². The van der Waals surface area contributed by atoms with Gasteiger partial charge in [-0.3, -0.25) is 0 Å². The maximum absolute atomic E-state index is 13.3.